The Morgan fingerprint density at radius 3 is 3.30 bits per heavy atom. The second kappa shape index (κ2) is 5.53. The van der Waals surface area contributed by atoms with Crippen LogP contribution < -0.4 is 5.32 Å². The van der Waals surface area contributed by atoms with Gasteiger partial charge in [-0.3, -0.25) is 4.79 Å². The van der Waals surface area contributed by atoms with Gasteiger partial charge >= 0.3 is 0 Å². The van der Waals surface area contributed by atoms with Gasteiger partial charge in [-0.2, -0.15) is 0 Å². The molecule has 0 saturated heterocycles. The van der Waals surface area contributed by atoms with Gasteiger partial charge in [-0.05, 0) is 25.5 Å². The van der Waals surface area contributed by atoms with E-state index < -0.39 is 0 Å². The van der Waals surface area contributed by atoms with Crippen molar-refractivity contribution in [1.82, 2.24) is 14.9 Å². The molecule has 0 fully saturated rings. The number of carbonyl (C=O) groups is 1. The van der Waals surface area contributed by atoms with Gasteiger partial charge in [0.2, 0.25) is 5.91 Å². The van der Waals surface area contributed by atoms with Crippen LogP contribution in [-0.4, -0.2) is 21.5 Å². The zero-order valence-corrected chi connectivity index (χ0v) is 11.6. The predicted octanol–water partition coefficient (Wildman–Crippen LogP) is 1.85. The van der Waals surface area contributed by atoms with E-state index in [9.17, 15) is 4.79 Å². The van der Waals surface area contributed by atoms with Crippen molar-refractivity contribution in [2.75, 3.05) is 0 Å². The van der Waals surface area contributed by atoms with Crippen molar-refractivity contribution in [2.24, 2.45) is 0 Å². The van der Waals surface area contributed by atoms with E-state index >= 15 is 0 Å². The summed E-state index contributed by atoms with van der Waals surface area (Å²) in [5.74, 6) is 2.08. The number of hydrogen-bond donors (Lipinski definition) is 1. The molecule has 1 aliphatic heterocycles. The maximum atomic E-state index is 11.9. The van der Waals surface area contributed by atoms with E-state index in [2.05, 4.69) is 21.1 Å². The Labute approximate surface area is 118 Å². The summed E-state index contributed by atoms with van der Waals surface area (Å²) in [7, 11) is 0. The Bertz CT molecular complexity index is 586. The molecule has 20 heavy (non-hydrogen) atoms. The number of carbonyl (C=O) groups excluding carboxylic acids is 1. The van der Waals surface area contributed by atoms with Gasteiger partial charge in [-0.15, -0.1) is 0 Å². The zero-order chi connectivity index (χ0) is 13.9. The van der Waals surface area contributed by atoms with Crippen LogP contribution in [0.4, 0.5) is 0 Å². The number of furan rings is 1. The Kier molecular flexibility index (Phi) is 3.58. The van der Waals surface area contributed by atoms with E-state index in [-0.39, 0.29) is 11.9 Å². The largest absolute Gasteiger partial charge is 0.469 e. The monoisotopic (exact) mass is 273 g/mol. The summed E-state index contributed by atoms with van der Waals surface area (Å²) in [4.78, 5) is 16.4. The van der Waals surface area contributed by atoms with E-state index in [1.807, 2.05) is 19.1 Å². The van der Waals surface area contributed by atoms with Crippen LogP contribution in [0.15, 0.2) is 29.0 Å². The molecule has 5 heteroatoms. The highest BCUT2D eigenvalue weighted by Gasteiger charge is 2.21. The van der Waals surface area contributed by atoms with Gasteiger partial charge in [0.25, 0.3) is 0 Å². The third kappa shape index (κ3) is 2.92. The Morgan fingerprint density at radius 1 is 1.60 bits per heavy atom. The number of amides is 1. The van der Waals surface area contributed by atoms with Crippen LogP contribution in [0.3, 0.4) is 0 Å². The minimum Gasteiger partial charge on any atom is -0.469 e. The lowest BCUT2D eigenvalue weighted by Crippen LogP contribution is -2.40. The van der Waals surface area contributed by atoms with Crippen LogP contribution in [0.1, 0.15) is 30.1 Å². The molecule has 1 amide bonds. The third-order valence-electron chi connectivity index (χ3n) is 3.66. The number of nitrogens with zero attached hydrogens (tertiary/aromatic N) is 2. The van der Waals surface area contributed by atoms with Crippen LogP contribution in [0, 0.1) is 6.92 Å². The molecule has 1 N–H and O–H groups in total. The van der Waals surface area contributed by atoms with Gasteiger partial charge < -0.3 is 14.3 Å². The molecule has 106 valence electrons. The summed E-state index contributed by atoms with van der Waals surface area (Å²) in [5, 5.41) is 3.10. The van der Waals surface area contributed by atoms with Gasteiger partial charge in [0.05, 0.1) is 12.0 Å². The molecule has 0 aliphatic carbocycles. The lowest BCUT2D eigenvalue weighted by Gasteiger charge is -2.24. The molecule has 0 spiro atoms. The fourth-order valence-corrected chi connectivity index (χ4v) is 2.70. The van der Waals surface area contributed by atoms with Crippen molar-refractivity contribution in [1.29, 1.82) is 0 Å². The number of hydrogen-bond acceptors (Lipinski definition) is 3. The third-order valence-corrected chi connectivity index (χ3v) is 3.66. The number of fused-ring (bicyclic) bond motifs is 1. The van der Waals surface area contributed by atoms with Crippen molar-refractivity contribution >= 4 is 5.91 Å². The Morgan fingerprint density at radius 2 is 2.50 bits per heavy atom. The first-order chi connectivity index (χ1) is 9.70. The van der Waals surface area contributed by atoms with E-state index in [0.29, 0.717) is 12.8 Å². The molecule has 2 aromatic heterocycles. The summed E-state index contributed by atoms with van der Waals surface area (Å²) < 4.78 is 7.38. The first-order valence-electron chi connectivity index (χ1n) is 7.05. The van der Waals surface area contributed by atoms with Crippen LogP contribution in [0.2, 0.25) is 0 Å². The molecule has 1 atom stereocenters. The van der Waals surface area contributed by atoms with E-state index in [1.165, 1.54) is 0 Å². The topological polar surface area (TPSA) is 60.1 Å². The first kappa shape index (κ1) is 13.0. The second-order valence-corrected chi connectivity index (χ2v) is 5.33. The number of aryl methyl sites for hydroxylation is 3. The second-order valence-electron chi connectivity index (χ2n) is 5.33. The maximum absolute atomic E-state index is 11.9. The van der Waals surface area contributed by atoms with Gasteiger partial charge in [0.1, 0.15) is 11.6 Å². The molecule has 5 nitrogen and oxygen atoms in total. The molecule has 2 aromatic rings. The normalized spacial score (nSPS) is 17.8. The summed E-state index contributed by atoms with van der Waals surface area (Å²) in [6.45, 7) is 2.82. The zero-order valence-electron chi connectivity index (χ0n) is 11.6. The van der Waals surface area contributed by atoms with E-state index in [4.69, 9.17) is 4.42 Å². The maximum Gasteiger partial charge on any atom is 0.220 e. The summed E-state index contributed by atoms with van der Waals surface area (Å²) in [6, 6.07) is 3.95. The molecule has 0 radical (unpaired) electrons. The molecule has 1 unspecified atom stereocenters. The number of imidazole rings is 1. The standard InChI is InChI=1S/C15H19N3O2/c1-11-9-18-10-12(4-6-14(18)16-11)17-15(19)7-5-13-3-2-8-20-13/h2-3,8-9,12H,4-7,10H2,1H3,(H,17,19). The van der Waals surface area contributed by atoms with Gasteiger partial charge in [0.15, 0.2) is 0 Å². The summed E-state index contributed by atoms with van der Waals surface area (Å²) in [6.07, 6.45) is 6.70. The highest BCUT2D eigenvalue weighted by atomic mass is 16.3. The molecule has 0 saturated carbocycles. The molecule has 1 aliphatic rings. The van der Waals surface area contributed by atoms with Crippen molar-refractivity contribution in [3.63, 3.8) is 0 Å². The molecule has 3 rings (SSSR count). The van der Waals surface area contributed by atoms with E-state index in [1.54, 1.807) is 6.26 Å². The average Bonchev–Trinajstić information content (AvgIpc) is 3.04. The van der Waals surface area contributed by atoms with Crippen molar-refractivity contribution in [3.8, 4) is 0 Å². The number of rotatable bonds is 4. The quantitative estimate of drug-likeness (QED) is 0.924. The summed E-state index contributed by atoms with van der Waals surface area (Å²) >= 11 is 0. The van der Waals surface area contributed by atoms with Crippen LogP contribution >= 0.6 is 0 Å². The average molecular weight is 273 g/mol. The molecule has 0 bridgehead atoms. The molecule has 0 aromatic carbocycles. The highest BCUT2D eigenvalue weighted by Crippen LogP contribution is 2.15. The lowest BCUT2D eigenvalue weighted by atomic mass is 10.1. The minimum absolute atomic E-state index is 0.0895. The van der Waals surface area contributed by atoms with Gasteiger partial charge in [-0.1, -0.05) is 0 Å². The van der Waals surface area contributed by atoms with Crippen LogP contribution in [0.5, 0.6) is 0 Å². The first-order valence-corrected chi connectivity index (χ1v) is 7.05. The van der Waals surface area contributed by atoms with Crippen LogP contribution in [0.25, 0.3) is 0 Å². The van der Waals surface area contributed by atoms with Gasteiger partial charge in [0, 0.05) is 38.0 Å². The Balaban J connectivity index is 1.50. The summed E-state index contributed by atoms with van der Waals surface area (Å²) in [5.41, 5.74) is 1.05. The molecular weight excluding hydrogens is 254 g/mol. The fourth-order valence-electron chi connectivity index (χ4n) is 2.70. The minimum atomic E-state index is 0.0895. The number of aromatic nitrogens is 2. The van der Waals surface area contributed by atoms with Gasteiger partial charge in [-0.25, -0.2) is 4.98 Å². The lowest BCUT2D eigenvalue weighted by molar-refractivity contribution is -0.122. The SMILES string of the molecule is Cc1cn2c(n1)CCC(NC(=O)CCc1ccco1)C2. The smallest absolute Gasteiger partial charge is 0.220 e. The van der Waals surface area contributed by atoms with Crippen molar-refractivity contribution in [3.05, 3.63) is 41.9 Å². The fraction of sp³-hybridized carbons (Fsp3) is 0.467. The molecule has 3 heterocycles. The Hall–Kier alpha value is -2.04. The van der Waals surface area contributed by atoms with Crippen molar-refractivity contribution < 1.29 is 9.21 Å². The number of nitrogens with one attached hydrogen (secondary N) is 1. The predicted molar refractivity (Wildman–Crippen MR) is 74.2 cm³/mol. The highest BCUT2D eigenvalue weighted by molar-refractivity contribution is 5.76. The van der Waals surface area contributed by atoms with Crippen molar-refractivity contribution in [2.45, 2.75) is 45.2 Å². The van der Waals surface area contributed by atoms with Crippen LogP contribution in [-0.2, 0) is 24.2 Å². The molecular formula is C15H19N3O2. The van der Waals surface area contributed by atoms with E-state index in [0.717, 1.165) is 36.7 Å².